The number of piperidine rings is 1. The van der Waals surface area contributed by atoms with Crippen molar-refractivity contribution >= 4 is 5.91 Å². The second kappa shape index (κ2) is 6.81. The maximum atomic E-state index is 13.4. The quantitative estimate of drug-likeness (QED) is 0.873. The number of rotatable bonds is 4. The lowest BCUT2D eigenvalue weighted by Gasteiger charge is -2.29. The molecule has 1 saturated heterocycles. The van der Waals surface area contributed by atoms with Crippen LogP contribution in [0.4, 0.5) is 4.39 Å². The molecule has 2 N–H and O–H groups in total. The fraction of sp³-hybridized carbons (Fsp3) is 0.533. The van der Waals surface area contributed by atoms with Crippen LogP contribution in [-0.4, -0.2) is 44.0 Å². The third-order valence-electron chi connectivity index (χ3n) is 3.61. The van der Waals surface area contributed by atoms with Crippen LogP contribution in [0.3, 0.4) is 0 Å². The summed E-state index contributed by atoms with van der Waals surface area (Å²) in [5.41, 5.74) is 0.682. The van der Waals surface area contributed by atoms with Crippen LogP contribution in [-0.2, 0) is 4.79 Å². The van der Waals surface area contributed by atoms with Gasteiger partial charge in [-0.15, -0.1) is 0 Å². The molecule has 1 atom stereocenters. The second-order valence-electron chi connectivity index (χ2n) is 5.45. The summed E-state index contributed by atoms with van der Waals surface area (Å²) in [6.07, 6.45) is 1.88. The first-order chi connectivity index (χ1) is 9.58. The van der Waals surface area contributed by atoms with Gasteiger partial charge in [0.1, 0.15) is 11.9 Å². The van der Waals surface area contributed by atoms with Gasteiger partial charge in [-0.1, -0.05) is 12.1 Å². The molecule has 0 unspecified atom stereocenters. The van der Waals surface area contributed by atoms with Crippen molar-refractivity contribution < 1.29 is 9.18 Å². The highest BCUT2D eigenvalue weighted by molar-refractivity contribution is 5.83. The lowest BCUT2D eigenvalue weighted by atomic mass is 10.0. The van der Waals surface area contributed by atoms with Crippen molar-refractivity contribution in [2.45, 2.75) is 24.9 Å². The summed E-state index contributed by atoms with van der Waals surface area (Å²) in [6, 6.07) is 5.99. The van der Waals surface area contributed by atoms with E-state index in [1.165, 1.54) is 12.1 Å². The van der Waals surface area contributed by atoms with Crippen LogP contribution in [0.15, 0.2) is 24.3 Å². The molecular weight excluding hydrogens is 257 g/mol. The van der Waals surface area contributed by atoms with Gasteiger partial charge in [-0.25, -0.2) is 4.39 Å². The van der Waals surface area contributed by atoms with Gasteiger partial charge in [-0.05, 0) is 57.7 Å². The van der Waals surface area contributed by atoms with Crippen LogP contribution in [0.1, 0.15) is 24.4 Å². The van der Waals surface area contributed by atoms with Gasteiger partial charge < -0.3 is 10.6 Å². The first-order valence-electron chi connectivity index (χ1n) is 7.01. The number of carbonyl (C=O) groups excluding carboxylic acids is 1. The Labute approximate surface area is 119 Å². The van der Waals surface area contributed by atoms with Gasteiger partial charge in [0.2, 0.25) is 5.91 Å². The number of benzene rings is 1. The van der Waals surface area contributed by atoms with Crippen molar-refractivity contribution in [3.8, 4) is 0 Å². The summed E-state index contributed by atoms with van der Waals surface area (Å²) in [5, 5.41) is 6.34. The first-order valence-corrected chi connectivity index (χ1v) is 7.01. The van der Waals surface area contributed by atoms with E-state index in [1.54, 1.807) is 12.1 Å². The highest BCUT2D eigenvalue weighted by Crippen LogP contribution is 2.20. The van der Waals surface area contributed by atoms with Crippen molar-refractivity contribution in [1.82, 2.24) is 15.5 Å². The Morgan fingerprint density at radius 2 is 2.10 bits per heavy atom. The predicted molar refractivity (Wildman–Crippen MR) is 76.9 cm³/mol. The van der Waals surface area contributed by atoms with Gasteiger partial charge in [0.25, 0.3) is 0 Å². The number of likely N-dealkylation sites (N-methyl/N-ethyl adjacent to an activating group) is 1. The third kappa shape index (κ3) is 3.77. The van der Waals surface area contributed by atoms with E-state index in [9.17, 15) is 9.18 Å². The van der Waals surface area contributed by atoms with E-state index in [2.05, 4.69) is 10.6 Å². The molecular formula is C15H22FN3O. The molecule has 20 heavy (non-hydrogen) atoms. The second-order valence-corrected chi connectivity index (χ2v) is 5.45. The van der Waals surface area contributed by atoms with E-state index in [4.69, 9.17) is 0 Å². The number of hydrogen-bond donors (Lipinski definition) is 2. The zero-order valence-electron chi connectivity index (χ0n) is 12.0. The molecule has 4 nitrogen and oxygen atoms in total. The SMILES string of the molecule is CN(C)[C@H](C(=O)NC1CCNCC1)c1cccc(F)c1. The van der Waals surface area contributed by atoms with Crippen molar-refractivity contribution in [3.63, 3.8) is 0 Å². The average molecular weight is 279 g/mol. The molecule has 1 aliphatic heterocycles. The van der Waals surface area contributed by atoms with Crippen LogP contribution in [0.2, 0.25) is 0 Å². The van der Waals surface area contributed by atoms with E-state index in [-0.39, 0.29) is 17.8 Å². The minimum atomic E-state index is -0.458. The van der Waals surface area contributed by atoms with E-state index < -0.39 is 6.04 Å². The van der Waals surface area contributed by atoms with E-state index in [0.717, 1.165) is 25.9 Å². The van der Waals surface area contributed by atoms with Crippen LogP contribution in [0.5, 0.6) is 0 Å². The molecule has 0 radical (unpaired) electrons. The summed E-state index contributed by atoms with van der Waals surface area (Å²) >= 11 is 0. The fourth-order valence-electron chi connectivity index (χ4n) is 2.61. The van der Waals surface area contributed by atoms with Crippen molar-refractivity contribution in [2.75, 3.05) is 27.2 Å². The van der Waals surface area contributed by atoms with Gasteiger partial charge in [-0.2, -0.15) is 0 Å². The van der Waals surface area contributed by atoms with Crippen LogP contribution in [0, 0.1) is 5.82 Å². The first kappa shape index (κ1) is 14.9. The van der Waals surface area contributed by atoms with Gasteiger partial charge in [0, 0.05) is 6.04 Å². The minimum absolute atomic E-state index is 0.0625. The zero-order chi connectivity index (χ0) is 14.5. The summed E-state index contributed by atoms with van der Waals surface area (Å²) in [7, 11) is 3.66. The smallest absolute Gasteiger partial charge is 0.242 e. The van der Waals surface area contributed by atoms with Crippen LogP contribution < -0.4 is 10.6 Å². The molecule has 1 aromatic rings. The van der Waals surface area contributed by atoms with Gasteiger partial charge >= 0.3 is 0 Å². The summed E-state index contributed by atoms with van der Waals surface area (Å²) in [5.74, 6) is -0.378. The molecule has 5 heteroatoms. The lowest BCUT2D eigenvalue weighted by Crippen LogP contribution is -2.46. The number of halogens is 1. The zero-order valence-corrected chi connectivity index (χ0v) is 12.0. The molecule has 1 aliphatic rings. The number of carbonyl (C=O) groups is 1. The Balaban J connectivity index is 2.09. The Hall–Kier alpha value is -1.46. The standard InChI is InChI=1S/C15H22FN3O/c1-19(2)14(11-4-3-5-12(16)10-11)15(20)18-13-6-8-17-9-7-13/h3-5,10,13-14,17H,6-9H2,1-2H3,(H,18,20)/t14-/m0/s1. The summed E-state index contributed by atoms with van der Waals surface area (Å²) < 4.78 is 13.4. The largest absolute Gasteiger partial charge is 0.352 e. The highest BCUT2D eigenvalue weighted by Gasteiger charge is 2.25. The molecule has 0 aliphatic carbocycles. The van der Waals surface area contributed by atoms with Crippen molar-refractivity contribution in [3.05, 3.63) is 35.6 Å². The van der Waals surface area contributed by atoms with Gasteiger partial charge in [0.05, 0.1) is 0 Å². The highest BCUT2D eigenvalue weighted by atomic mass is 19.1. The molecule has 0 aromatic heterocycles. The lowest BCUT2D eigenvalue weighted by molar-refractivity contribution is -0.126. The molecule has 0 saturated carbocycles. The Morgan fingerprint density at radius 3 is 2.70 bits per heavy atom. The molecule has 110 valence electrons. The van der Waals surface area contributed by atoms with Gasteiger partial charge in [0.15, 0.2) is 0 Å². The fourth-order valence-corrected chi connectivity index (χ4v) is 2.61. The van der Waals surface area contributed by atoms with Gasteiger partial charge in [-0.3, -0.25) is 9.69 Å². The summed E-state index contributed by atoms with van der Waals surface area (Å²) in [4.78, 5) is 14.3. The molecule has 1 fully saturated rings. The molecule has 0 bridgehead atoms. The Morgan fingerprint density at radius 1 is 1.40 bits per heavy atom. The number of amides is 1. The van der Waals surface area contributed by atoms with E-state index >= 15 is 0 Å². The molecule has 0 spiro atoms. The maximum Gasteiger partial charge on any atom is 0.242 e. The van der Waals surface area contributed by atoms with E-state index in [0.29, 0.717) is 5.56 Å². The normalized spacial score (nSPS) is 18.0. The monoisotopic (exact) mass is 279 g/mol. The predicted octanol–water partition coefficient (Wildman–Crippen LogP) is 1.30. The minimum Gasteiger partial charge on any atom is -0.352 e. The molecule has 2 rings (SSSR count). The van der Waals surface area contributed by atoms with Crippen molar-refractivity contribution in [1.29, 1.82) is 0 Å². The Kier molecular flexibility index (Phi) is 5.09. The van der Waals surface area contributed by atoms with Crippen molar-refractivity contribution in [2.24, 2.45) is 0 Å². The summed E-state index contributed by atoms with van der Waals surface area (Å²) in [6.45, 7) is 1.86. The molecule has 1 amide bonds. The van der Waals surface area contributed by atoms with Crippen LogP contribution in [0.25, 0.3) is 0 Å². The molecule has 1 heterocycles. The topological polar surface area (TPSA) is 44.4 Å². The van der Waals surface area contributed by atoms with E-state index in [1.807, 2.05) is 19.0 Å². The Bertz CT molecular complexity index is 458. The van der Waals surface area contributed by atoms with Crippen LogP contribution >= 0.6 is 0 Å². The number of nitrogens with one attached hydrogen (secondary N) is 2. The number of nitrogens with zero attached hydrogens (tertiary/aromatic N) is 1. The third-order valence-corrected chi connectivity index (χ3v) is 3.61. The average Bonchev–Trinajstić information content (AvgIpc) is 2.39. The number of hydrogen-bond acceptors (Lipinski definition) is 3. The maximum absolute atomic E-state index is 13.4. The molecule has 1 aromatic carbocycles.